The van der Waals surface area contributed by atoms with Crippen LogP contribution in [0.15, 0.2) is 48.7 Å². The third-order valence-corrected chi connectivity index (χ3v) is 6.78. The first kappa shape index (κ1) is 24.3. The number of benzene rings is 2. The van der Waals surface area contributed by atoms with Crippen molar-refractivity contribution in [1.29, 1.82) is 0 Å². The Morgan fingerprint density at radius 1 is 1.11 bits per heavy atom. The van der Waals surface area contributed by atoms with Crippen LogP contribution in [0.3, 0.4) is 0 Å². The van der Waals surface area contributed by atoms with Gasteiger partial charge in [-0.15, -0.1) is 0 Å². The molecule has 1 aromatic heterocycles. The van der Waals surface area contributed by atoms with Gasteiger partial charge in [0.1, 0.15) is 11.3 Å². The monoisotopic (exact) mass is 499 g/mol. The maximum atomic E-state index is 14.0. The molecule has 1 aliphatic carbocycles. The van der Waals surface area contributed by atoms with E-state index in [1.54, 1.807) is 7.11 Å². The number of fused-ring (bicyclic) bond motifs is 1. The molecule has 190 valence electrons. The van der Waals surface area contributed by atoms with Gasteiger partial charge in [0.05, 0.1) is 25.4 Å². The molecular weight excluding hydrogens is 471 g/mol. The zero-order valence-corrected chi connectivity index (χ0v) is 20.3. The lowest BCUT2D eigenvalue weighted by atomic mass is 10.0. The SMILES string of the molecule is COc1cc2c(cc1Nc1ncc(C(F)(F)F)c(N3OCC[C@H]3c3ccccc3)n1)CC(N(C)C)C2. The second-order valence-electron chi connectivity index (χ2n) is 9.27. The van der Waals surface area contributed by atoms with Crippen LogP contribution in [0.1, 0.15) is 34.7 Å². The number of methoxy groups -OCH3 is 1. The van der Waals surface area contributed by atoms with Gasteiger partial charge in [0.2, 0.25) is 5.95 Å². The van der Waals surface area contributed by atoms with E-state index < -0.39 is 17.8 Å². The van der Waals surface area contributed by atoms with Gasteiger partial charge in [-0.3, -0.25) is 4.84 Å². The molecule has 36 heavy (non-hydrogen) atoms. The number of halogens is 3. The van der Waals surface area contributed by atoms with Crippen molar-refractivity contribution >= 4 is 17.5 Å². The third kappa shape index (κ3) is 4.70. The summed E-state index contributed by atoms with van der Waals surface area (Å²) in [5.41, 5.74) is 2.86. The summed E-state index contributed by atoms with van der Waals surface area (Å²) >= 11 is 0. The van der Waals surface area contributed by atoms with Crippen molar-refractivity contribution in [2.24, 2.45) is 0 Å². The lowest BCUT2D eigenvalue weighted by Gasteiger charge is -2.26. The number of hydrogen-bond donors (Lipinski definition) is 1. The molecule has 10 heteroatoms. The Labute approximate surface area is 207 Å². The molecule has 1 N–H and O–H groups in total. The number of rotatable bonds is 6. The molecule has 1 fully saturated rings. The van der Waals surface area contributed by atoms with Gasteiger partial charge in [-0.25, -0.2) is 10.0 Å². The van der Waals surface area contributed by atoms with Gasteiger partial charge < -0.3 is 15.0 Å². The number of nitrogens with zero attached hydrogens (tertiary/aromatic N) is 4. The lowest BCUT2D eigenvalue weighted by molar-refractivity contribution is -0.138. The highest BCUT2D eigenvalue weighted by Crippen LogP contribution is 2.42. The highest BCUT2D eigenvalue weighted by molar-refractivity contribution is 5.67. The van der Waals surface area contributed by atoms with Crippen molar-refractivity contribution in [3.63, 3.8) is 0 Å². The highest BCUT2D eigenvalue weighted by Gasteiger charge is 2.40. The van der Waals surface area contributed by atoms with Crippen molar-refractivity contribution < 1.29 is 22.7 Å². The summed E-state index contributed by atoms with van der Waals surface area (Å²) in [4.78, 5) is 16.2. The molecule has 7 nitrogen and oxygen atoms in total. The largest absolute Gasteiger partial charge is 0.495 e. The molecule has 2 aromatic carbocycles. The topological polar surface area (TPSA) is 62.8 Å². The number of likely N-dealkylation sites (N-methyl/N-ethyl adjacent to an activating group) is 1. The van der Waals surface area contributed by atoms with Gasteiger partial charge in [-0.05, 0) is 55.8 Å². The molecule has 0 saturated carbocycles. The van der Waals surface area contributed by atoms with E-state index in [2.05, 4.69) is 20.2 Å². The van der Waals surface area contributed by atoms with Crippen molar-refractivity contribution in [1.82, 2.24) is 14.9 Å². The van der Waals surface area contributed by atoms with E-state index in [-0.39, 0.29) is 18.4 Å². The summed E-state index contributed by atoms with van der Waals surface area (Å²) in [5.74, 6) is 0.289. The molecule has 3 aromatic rings. The average Bonchev–Trinajstić information content (AvgIpc) is 3.50. The van der Waals surface area contributed by atoms with Crippen LogP contribution >= 0.6 is 0 Å². The summed E-state index contributed by atoms with van der Waals surface area (Å²) < 4.78 is 47.4. The van der Waals surface area contributed by atoms with Gasteiger partial charge in [0.25, 0.3) is 0 Å². The molecule has 0 bridgehead atoms. The molecule has 2 atom stereocenters. The zero-order chi connectivity index (χ0) is 25.4. The zero-order valence-electron chi connectivity index (χ0n) is 20.3. The summed E-state index contributed by atoms with van der Waals surface area (Å²) in [6.07, 6.45) is -1.52. The van der Waals surface area contributed by atoms with E-state index >= 15 is 0 Å². The molecule has 0 radical (unpaired) electrons. The fraction of sp³-hybridized carbons (Fsp3) is 0.385. The van der Waals surface area contributed by atoms with Crippen molar-refractivity contribution in [3.05, 3.63) is 70.9 Å². The number of hydroxylamine groups is 1. The molecule has 1 aliphatic heterocycles. The van der Waals surface area contributed by atoms with Crippen LogP contribution < -0.4 is 15.1 Å². The molecule has 0 amide bonds. The molecule has 1 saturated heterocycles. The van der Waals surface area contributed by atoms with E-state index in [4.69, 9.17) is 9.57 Å². The Hall–Kier alpha value is -3.37. The Kier molecular flexibility index (Phi) is 6.48. The second kappa shape index (κ2) is 9.59. The molecule has 1 unspecified atom stereocenters. The van der Waals surface area contributed by atoms with Crippen molar-refractivity contribution in [2.75, 3.05) is 38.2 Å². The standard InChI is InChI=1S/C26H28F3N5O2/c1-33(2)19-11-17-13-21(23(35-3)14-18(17)12-19)31-25-30-15-20(26(27,28)29)24(32-25)34-22(9-10-36-34)16-7-5-4-6-8-16/h4-8,13-15,19,22H,9-12H2,1-3H3,(H,30,31,32)/t19?,22-/m0/s1. The number of nitrogens with one attached hydrogen (secondary N) is 1. The number of alkyl halides is 3. The van der Waals surface area contributed by atoms with Gasteiger partial charge in [-0.1, -0.05) is 30.3 Å². The number of anilines is 3. The van der Waals surface area contributed by atoms with Crippen LogP contribution in [-0.4, -0.2) is 48.7 Å². The van der Waals surface area contributed by atoms with Crippen LogP contribution in [0, 0.1) is 0 Å². The van der Waals surface area contributed by atoms with Gasteiger partial charge in [0.15, 0.2) is 5.82 Å². The minimum atomic E-state index is -4.65. The Balaban J connectivity index is 1.50. The third-order valence-electron chi connectivity index (χ3n) is 6.78. The average molecular weight is 500 g/mol. The Morgan fingerprint density at radius 2 is 1.83 bits per heavy atom. The first-order valence-electron chi connectivity index (χ1n) is 11.8. The summed E-state index contributed by atoms with van der Waals surface area (Å²) in [6, 6.07) is 13.2. The van der Waals surface area contributed by atoms with E-state index in [9.17, 15) is 13.2 Å². The fourth-order valence-corrected chi connectivity index (χ4v) is 4.84. The summed E-state index contributed by atoms with van der Waals surface area (Å²) in [5, 5.41) is 4.34. The van der Waals surface area contributed by atoms with Gasteiger partial charge in [0, 0.05) is 18.7 Å². The van der Waals surface area contributed by atoms with Crippen LogP contribution in [-0.2, 0) is 23.9 Å². The maximum absolute atomic E-state index is 14.0. The molecule has 2 aliphatic rings. The minimum absolute atomic E-state index is 0.0284. The first-order chi connectivity index (χ1) is 17.2. The van der Waals surface area contributed by atoms with E-state index in [1.807, 2.05) is 56.6 Å². The van der Waals surface area contributed by atoms with E-state index in [0.717, 1.165) is 30.2 Å². The quantitative estimate of drug-likeness (QED) is 0.503. The molecule has 2 heterocycles. The van der Waals surface area contributed by atoms with Crippen LogP contribution in [0.25, 0.3) is 0 Å². The van der Waals surface area contributed by atoms with Crippen LogP contribution in [0.5, 0.6) is 5.75 Å². The Bertz CT molecular complexity index is 1240. The molecular formula is C26H28F3N5O2. The normalized spacial score (nSPS) is 19.6. The molecule has 0 spiro atoms. The smallest absolute Gasteiger partial charge is 0.421 e. The van der Waals surface area contributed by atoms with Gasteiger partial charge in [-0.2, -0.15) is 18.2 Å². The molecule has 5 rings (SSSR count). The highest BCUT2D eigenvalue weighted by atomic mass is 19.4. The predicted octanol–water partition coefficient (Wildman–Crippen LogP) is 5.16. The van der Waals surface area contributed by atoms with Gasteiger partial charge >= 0.3 is 6.18 Å². The second-order valence-corrected chi connectivity index (χ2v) is 9.27. The lowest BCUT2D eigenvalue weighted by Crippen LogP contribution is -2.27. The first-order valence-corrected chi connectivity index (χ1v) is 11.8. The minimum Gasteiger partial charge on any atom is -0.495 e. The van der Waals surface area contributed by atoms with E-state index in [1.165, 1.54) is 10.6 Å². The number of aromatic nitrogens is 2. The number of hydrogen-bond acceptors (Lipinski definition) is 7. The van der Waals surface area contributed by atoms with Crippen molar-refractivity contribution in [2.45, 2.75) is 37.5 Å². The Morgan fingerprint density at radius 3 is 2.50 bits per heavy atom. The van der Waals surface area contributed by atoms with E-state index in [0.29, 0.717) is 23.9 Å². The fourth-order valence-electron chi connectivity index (χ4n) is 4.84. The van der Waals surface area contributed by atoms with Crippen LogP contribution in [0.4, 0.5) is 30.6 Å². The summed E-state index contributed by atoms with van der Waals surface area (Å²) in [7, 11) is 5.66. The summed E-state index contributed by atoms with van der Waals surface area (Å²) in [6.45, 7) is 0.287. The van der Waals surface area contributed by atoms with Crippen LogP contribution in [0.2, 0.25) is 0 Å². The number of ether oxygens (including phenoxy) is 1. The predicted molar refractivity (Wildman–Crippen MR) is 130 cm³/mol. The van der Waals surface area contributed by atoms with Crippen molar-refractivity contribution in [3.8, 4) is 5.75 Å². The maximum Gasteiger partial charge on any atom is 0.421 e.